The predicted molar refractivity (Wildman–Crippen MR) is 107 cm³/mol. The summed E-state index contributed by atoms with van der Waals surface area (Å²) in [6.45, 7) is -0.111. The number of anilines is 2. The Labute approximate surface area is 165 Å². The molecule has 1 aliphatic heterocycles. The number of nitrogens with zero attached hydrogens (tertiary/aromatic N) is 3. The normalized spacial score (nSPS) is 16.2. The first-order valence-electron chi connectivity index (χ1n) is 8.33. The molecule has 0 radical (unpaired) electrons. The van der Waals surface area contributed by atoms with Crippen molar-refractivity contribution in [2.24, 2.45) is 0 Å². The summed E-state index contributed by atoms with van der Waals surface area (Å²) in [4.78, 5) is 21.3. The van der Waals surface area contributed by atoms with E-state index >= 15 is 0 Å². The van der Waals surface area contributed by atoms with Crippen molar-refractivity contribution < 1.29 is 17.9 Å². The third-order valence-electron chi connectivity index (χ3n) is 4.09. The number of benzene rings is 1. The minimum atomic E-state index is -3.56. The maximum Gasteiger partial charge on any atom is 0.269 e. The number of sulfonamides is 1. The molecule has 0 spiro atoms. The van der Waals surface area contributed by atoms with E-state index < -0.39 is 22.0 Å². The second kappa shape index (κ2) is 7.21. The van der Waals surface area contributed by atoms with Crippen LogP contribution in [0.1, 0.15) is 0 Å². The zero-order chi connectivity index (χ0) is 19.7. The first-order valence-corrected chi connectivity index (χ1v) is 11.1. The molecule has 0 saturated heterocycles. The van der Waals surface area contributed by atoms with Crippen LogP contribution in [-0.4, -0.2) is 43.2 Å². The number of hydrogen-bond donors (Lipinski definition) is 1. The van der Waals surface area contributed by atoms with Gasteiger partial charge < -0.3 is 4.74 Å². The van der Waals surface area contributed by atoms with Gasteiger partial charge in [-0.2, -0.15) is 0 Å². The molecule has 1 amide bonds. The fourth-order valence-electron chi connectivity index (χ4n) is 2.80. The van der Waals surface area contributed by atoms with E-state index in [-0.39, 0.29) is 6.54 Å². The summed E-state index contributed by atoms with van der Waals surface area (Å²) in [7, 11) is -3.56. The Morgan fingerprint density at radius 3 is 2.75 bits per heavy atom. The number of thiazole rings is 1. The number of nitrogens with one attached hydrogen (secondary N) is 1. The van der Waals surface area contributed by atoms with Crippen molar-refractivity contribution in [2.45, 2.75) is 6.10 Å². The van der Waals surface area contributed by atoms with Gasteiger partial charge in [-0.15, -0.1) is 11.3 Å². The summed E-state index contributed by atoms with van der Waals surface area (Å²) in [6.07, 6.45) is 1.77. The first-order chi connectivity index (χ1) is 13.4. The molecular formula is C18H16N4O4S2. The van der Waals surface area contributed by atoms with Gasteiger partial charge in [-0.05, 0) is 24.3 Å². The highest BCUT2D eigenvalue weighted by Gasteiger charge is 2.35. The predicted octanol–water partition coefficient (Wildman–Crippen LogP) is 2.37. The third kappa shape index (κ3) is 3.69. The lowest BCUT2D eigenvalue weighted by Gasteiger charge is -2.33. The fourth-order valence-corrected chi connectivity index (χ4v) is 4.42. The number of carbonyl (C=O) groups excluding carboxylic acids is 1. The molecule has 1 aromatic carbocycles. The van der Waals surface area contributed by atoms with Crippen LogP contribution in [0.2, 0.25) is 0 Å². The lowest BCUT2D eigenvalue weighted by atomic mass is 10.2. The topological polar surface area (TPSA) is 101 Å². The average Bonchev–Trinajstić information content (AvgIpc) is 3.15. The summed E-state index contributed by atoms with van der Waals surface area (Å²) >= 11 is 1.26. The van der Waals surface area contributed by atoms with Crippen molar-refractivity contribution in [3.63, 3.8) is 0 Å². The average molecular weight is 416 g/mol. The van der Waals surface area contributed by atoms with Gasteiger partial charge in [0.15, 0.2) is 11.2 Å². The Hall–Kier alpha value is -2.98. The van der Waals surface area contributed by atoms with Crippen molar-refractivity contribution in [1.29, 1.82) is 0 Å². The number of fused-ring (bicyclic) bond motifs is 1. The van der Waals surface area contributed by atoms with Crippen molar-refractivity contribution in [2.75, 3.05) is 22.4 Å². The summed E-state index contributed by atoms with van der Waals surface area (Å²) in [5.74, 6) is -0.127. The van der Waals surface area contributed by atoms with Gasteiger partial charge in [0.1, 0.15) is 11.4 Å². The number of ether oxygens (including phenoxy) is 1. The van der Waals surface area contributed by atoms with Crippen LogP contribution in [0, 0.1) is 0 Å². The molecule has 144 valence electrons. The molecule has 0 aliphatic carbocycles. The largest absolute Gasteiger partial charge is 0.476 e. The monoisotopic (exact) mass is 416 g/mol. The van der Waals surface area contributed by atoms with Crippen LogP contribution in [0.5, 0.6) is 5.75 Å². The van der Waals surface area contributed by atoms with E-state index in [2.05, 4.69) is 15.3 Å². The molecule has 1 aliphatic rings. The van der Waals surface area contributed by atoms with E-state index in [0.717, 1.165) is 6.26 Å². The highest BCUT2D eigenvalue weighted by Crippen LogP contribution is 2.35. The Bertz CT molecular complexity index is 1120. The molecule has 8 nitrogen and oxygen atoms in total. The number of para-hydroxylation sites is 2. The van der Waals surface area contributed by atoms with E-state index in [1.54, 1.807) is 35.8 Å². The van der Waals surface area contributed by atoms with E-state index in [4.69, 9.17) is 4.74 Å². The molecule has 1 N–H and O–H groups in total. The maximum absolute atomic E-state index is 12.7. The van der Waals surface area contributed by atoms with Crippen LogP contribution in [-0.2, 0) is 14.8 Å². The molecule has 1 atom stereocenters. The quantitative estimate of drug-likeness (QED) is 0.701. The second-order valence-corrected chi connectivity index (χ2v) is 8.88. The lowest BCUT2D eigenvalue weighted by Crippen LogP contribution is -2.48. The Morgan fingerprint density at radius 1 is 1.21 bits per heavy atom. The highest BCUT2D eigenvalue weighted by atomic mass is 32.2. The molecule has 0 saturated carbocycles. The van der Waals surface area contributed by atoms with Crippen LogP contribution in [0.25, 0.3) is 11.4 Å². The molecule has 3 aromatic rings. The molecule has 0 fully saturated rings. The molecule has 2 aromatic heterocycles. The minimum Gasteiger partial charge on any atom is -0.476 e. The van der Waals surface area contributed by atoms with Crippen molar-refractivity contribution in [3.05, 3.63) is 54.0 Å². The van der Waals surface area contributed by atoms with Gasteiger partial charge in [0.05, 0.1) is 24.2 Å². The van der Waals surface area contributed by atoms with Crippen LogP contribution < -0.4 is 14.4 Å². The Kier molecular flexibility index (Phi) is 4.73. The van der Waals surface area contributed by atoms with Gasteiger partial charge in [-0.3, -0.25) is 19.4 Å². The van der Waals surface area contributed by atoms with Crippen LogP contribution in [0.4, 0.5) is 10.8 Å². The van der Waals surface area contributed by atoms with Gasteiger partial charge >= 0.3 is 0 Å². The number of carbonyl (C=O) groups is 1. The molecule has 10 heteroatoms. The van der Waals surface area contributed by atoms with Crippen LogP contribution in [0.15, 0.2) is 54.0 Å². The standard InChI is InChI=1S/C18H16N4O4S2/c1-28(24,25)22-10-16(26-15-8-3-2-7-14(15)22)17(23)21-18-20-13(11-27-18)12-6-4-5-9-19-12/h2-9,11,16H,10H2,1H3,(H,20,21,23). The SMILES string of the molecule is CS(=O)(=O)N1CC(C(=O)Nc2nc(-c3ccccn3)cs2)Oc2ccccc21. The summed E-state index contributed by atoms with van der Waals surface area (Å²) in [6, 6.07) is 12.2. The number of hydrogen-bond acceptors (Lipinski definition) is 7. The number of amides is 1. The van der Waals surface area contributed by atoms with Gasteiger partial charge in [0.2, 0.25) is 10.0 Å². The van der Waals surface area contributed by atoms with Crippen molar-refractivity contribution in [3.8, 4) is 17.1 Å². The molecular weight excluding hydrogens is 400 g/mol. The lowest BCUT2D eigenvalue weighted by molar-refractivity contribution is -0.122. The van der Waals surface area contributed by atoms with E-state index in [0.29, 0.717) is 28.0 Å². The minimum absolute atomic E-state index is 0.111. The number of aromatic nitrogens is 2. The van der Waals surface area contributed by atoms with E-state index in [1.165, 1.54) is 15.6 Å². The van der Waals surface area contributed by atoms with Gasteiger partial charge in [-0.1, -0.05) is 18.2 Å². The molecule has 28 heavy (non-hydrogen) atoms. The second-order valence-electron chi connectivity index (χ2n) is 6.11. The number of rotatable bonds is 4. The summed E-state index contributed by atoms with van der Waals surface area (Å²) < 4.78 is 31.2. The number of pyridine rings is 1. The molecule has 0 bridgehead atoms. The third-order valence-corrected chi connectivity index (χ3v) is 5.99. The Morgan fingerprint density at radius 2 is 2.00 bits per heavy atom. The highest BCUT2D eigenvalue weighted by molar-refractivity contribution is 7.92. The smallest absolute Gasteiger partial charge is 0.269 e. The Balaban J connectivity index is 1.54. The summed E-state index contributed by atoms with van der Waals surface area (Å²) in [5, 5.41) is 4.88. The molecule has 3 heterocycles. The zero-order valence-corrected chi connectivity index (χ0v) is 16.4. The van der Waals surface area contributed by atoms with Gasteiger partial charge in [-0.25, -0.2) is 13.4 Å². The summed E-state index contributed by atoms with van der Waals surface area (Å²) in [5.41, 5.74) is 1.76. The maximum atomic E-state index is 12.7. The van der Waals surface area contributed by atoms with Crippen molar-refractivity contribution in [1.82, 2.24) is 9.97 Å². The van der Waals surface area contributed by atoms with Crippen LogP contribution in [0.3, 0.4) is 0 Å². The van der Waals surface area contributed by atoms with Gasteiger partial charge in [0, 0.05) is 11.6 Å². The first kappa shape index (κ1) is 18.4. The molecule has 1 unspecified atom stereocenters. The zero-order valence-electron chi connectivity index (χ0n) is 14.8. The van der Waals surface area contributed by atoms with E-state index in [9.17, 15) is 13.2 Å². The fraction of sp³-hybridized carbons (Fsp3) is 0.167. The van der Waals surface area contributed by atoms with Crippen LogP contribution >= 0.6 is 11.3 Å². The van der Waals surface area contributed by atoms with Gasteiger partial charge in [0.25, 0.3) is 5.91 Å². The molecule has 4 rings (SSSR count). The van der Waals surface area contributed by atoms with E-state index in [1.807, 2.05) is 18.2 Å². The van der Waals surface area contributed by atoms with Crippen molar-refractivity contribution >= 4 is 38.1 Å².